The lowest BCUT2D eigenvalue weighted by molar-refractivity contribution is -0.146. The first-order valence-electron chi connectivity index (χ1n) is 10.9. The van der Waals surface area contributed by atoms with Crippen LogP contribution in [0.2, 0.25) is 0 Å². The lowest BCUT2D eigenvalue weighted by atomic mass is 10.1. The van der Waals surface area contributed by atoms with Crippen LogP contribution in [0.15, 0.2) is 53.4 Å². The van der Waals surface area contributed by atoms with Crippen LogP contribution in [0.4, 0.5) is 5.69 Å². The van der Waals surface area contributed by atoms with Crippen molar-refractivity contribution in [3.8, 4) is 0 Å². The van der Waals surface area contributed by atoms with Crippen LogP contribution in [-0.2, 0) is 24.2 Å². The van der Waals surface area contributed by atoms with Gasteiger partial charge in [-0.1, -0.05) is 42.7 Å². The molecule has 176 valence electrons. The van der Waals surface area contributed by atoms with Crippen LogP contribution in [0.25, 0.3) is 0 Å². The first kappa shape index (κ1) is 24.4. The van der Waals surface area contributed by atoms with E-state index in [1.165, 1.54) is 12.1 Å². The molecule has 3 rings (SSSR count). The Morgan fingerprint density at radius 2 is 1.67 bits per heavy atom. The zero-order valence-electron chi connectivity index (χ0n) is 18.5. The number of ether oxygens (including phenoxy) is 1. The molecule has 9 heteroatoms. The average molecular weight is 473 g/mol. The smallest absolute Gasteiger partial charge is 0.307 e. The quantitative estimate of drug-likeness (QED) is 0.542. The minimum atomic E-state index is -3.63. The predicted octanol–water partition coefficient (Wildman–Crippen LogP) is 3.01. The second-order valence-electron chi connectivity index (χ2n) is 8.09. The minimum Gasteiger partial charge on any atom is -0.456 e. The summed E-state index contributed by atoms with van der Waals surface area (Å²) in [6.07, 6.45) is 3.68. The molecule has 2 N–H and O–H groups in total. The van der Waals surface area contributed by atoms with Crippen LogP contribution >= 0.6 is 0 Å². The molecule has 2 amide bonds. The molecule has 0 radical (unpaired) electrons. The lowest BCUT2D eigenvalue weighted by Gasteiger charge is -2.15. The van der Waals surface area contributed by atoms with Gasteiger partial charge in [0.25, 0.3) is 11.8 Å². The second kappa shape index (κ2) is 11.1. The molecule has 2 aromatic carbocycles. The Bertz CT molecular complexity index is 1110. The van der Waals surface area contributed by atoms with Crippen LogP contribution in [0.5, 0.6) is 0 Å². The summed E-state index contributed by atoms with van der Waals surface area (Å²) in [5.74, 6) is -2.10. The Hall–Kier alpha value is -3.20. The molecule has 0 atom stereocenters. The summed E-state index contributed by atoms with van der Waals surface area (Å²) in [6, 6.07) is 13.1. The number of rotatable bonds is 9. The van der Waals surface area contributed by atoms with Crippen molar-refractivity contribution < 1.29 is 27.5 Å². The van der Waals surface area contributed by atoms with Crippen molar-refractivity contribution in [2.75, 3.05) is 17.7 Å². The average Bonchev–Trinajstić information content (AvgIpc) is 3.30. The molecule has 1 aliphatic carbocycles. The number of carbonyl (C=O) groups excluding carboxylic acids is 3. The van der Waals surface area contributed by atoms with Gasteiger partial charge in [0.1, 0.15) is 0 Å². The molecule has 0 aliphatic heterocycles. The fourth-order valence-corrected chi connectivity index (χ4v) is 4.83. The van der Waals surface area contributed by atoms with Gasteiger partial charge in [-0.25, -0.2) is 8.42 Å². The van der Waals surface area contributed by atoms with E-state index in [4.69, 9.17) is 4.74 Å². The van der Waals surface area contributed by atoms with Crippen molar-refractivity contribution in [3.63, 3.8) is 0 Å². The highest BCUT2D eigenvalue weighted by molar-refractivity contribution is 7.91. The summed E-state index contributed by atoms with van der Waals surface area (Å²) in [7, 11) is -3.63. The zero-order chi connectivity index (χ0) is 23.8. The summed E-state index contributed by atoms with van der Waals surface area (Å²) in [5.41, 5.74) is 1.57. The summed E-state index contributed by atoms with van der Waals surface area (Å²) >= 11 is 0. The highest BCUT2D eigenvalue weighted by atomic mass is 32.2. The highest BCUT2D eigenvalue weighted by Crippen LogP contribution is 2.20. The lowest BCUT2D eigenvalue weighted by Crippen LogP contribution is -2.33. The van der Waals surface area contributed by atoms with Gasteiger partial charge in [-0.2, -0.15) is 0 Å². The number of hydrogen-bond donors (Lipinski definition) is 2. The van der Waals surface area contributed by atoms with Gasteiger partial charge in [0, 0.05) is 6.04 Å². The van der Waals surface area contributed by atoms with Crippen molar-refractivity contribution in [2.24, 2.45) is 0 Å². The third-order valence-electron chi connectivity index (χ3n) is 5.46. The van der Waals surface area contributed by atoms with Crippen molar-refractivity contribution in [1.29, 1.82) is 0 Å². The van der Waals surface area contributed by atoms with Crippen molar-refractivity contribution >= 4 is 33.3 Å². The number of carbonyl (C=O) groups is 3. The summed E-state index contributed by atoms with van der Waals surface area (Å²) in [5, 5.41) is 5.55. The molecule has 0 spiro atoms. The van der Waals surface area contributed by atoms with Gasteiger partial charge < -0.3 is 15.4 Å². The Morgan fingerprint density at radius 1 is 1.00 bits per heavy atom. The Morgan fingerprint density at radius 3 is 2.36 bits per heavy atom. The van der Waals surface area contributed by atoms with Crippen LogP contribution < -0.4 is 10.6 Å². The summed E-state index contributed by atoms with van der Waals surface area (Å²) < 4.78 is 29.6. The van der Waals surface area contributed by atoms with Gasteiger partial charge >= 0.3 is 5.97 Å². The number of aryl methyl sites for hydroxylation is 1. The molecule has 1 fully saturated rings. The van der Waals surface area contributed by atoms with E-state index < -0.39 is 34.1 Å². The fourth-order valence-electron chi connectivity index (χ4n) is 3.61. The molecule has 1 saturated carbocycles. The molecular formula is C24H28N2O6S. The Kier molecular flexibility index (Phi) is 8.21. The number of benzene rings is 2. The maximum absolute atomic E-state index is 12.6. The summed E-state index contributed by atoms with van der Waals surface area (Å²) in [4.78, 5) is 36.9. The van der Waals surface area contributed by atoms with Gasteiger partial charge in [0.2, 0.25) is 0 Å². The van der Waals surface area contributed by atoms with Gasteiger partial charge in [-0.15, -0.1) is 0 Å². The van der Waals surface area contributed by atoms with Crippen molar-refractivity contribution in [2.45, 2.75) is 50.0 Å². The Labute approximate surface area is 193 Å². The number of sulfone groups is 1. The fraction of sp³-hybridized carbons (Fsp3) is 0.375. The number of hydrogen-bond acceptors (Lipinski definition) is 6. The topological polar surface area (TPSA) is 119 Å². The van der Waals surface area contributed by atoms with E-state index in [0.29, 0.717) is 11.3 Å². The van der Waals surface area contributed by atoms with Crippen LogP contribution in [0, 0.1) is 6.92 Å². The molecule has 0 aromatic heterocycles. The standard InChI is InChI=1S/C24H28N2O6S/c1-17-10-12-19(13-11-17)33(30,31)15-14-23(28)32-16-22(27)26-21-9-5-4-8-20(21)24(29)25-18-6-2-3-7-18/h4-5,8-13,18H,2-3,6-7,14-16H2,1H3,(H,25,29)(H,26,27). The normalized spacial score (nSPS) is 14.0. The first-order chi connectivity index (χ1) is 15.7. The van der Waals surface area contributed by atoms with Crippen molar-refractivity contribution in [1.82, 2.24) is 5.32 Å². The van der Waals surface area contributed by atoms with E-state index in [0.717, 1.165) is 31.2 Å². The maximum Gasteiger partial charge on any atom is 0.307 e. The summed E-state index contributed by atoms with van der Waals surface area (Å²) in [6.45, 7) is 1.27. The number of esters is 1. The molecule has 8 nitrogen and oxygen atoms in total. The van der Waals surface area contributed by atoms with E-state index in [1.807, 2.05) is 6.92 Å². The monoisotopic (exact) mass is 472 g/mol. The van der Waals surface area contributed by atoms with Crippen LogP contribution in [-0.4, -0.2) is 44.6 Å². The SMILES string of the molecule is Cc1ccc(S(=O)(=O)CCC(=O)OCC(=O)Nc2ccccc2C(=O)NC2CCCC2)cc1. The second-order valence-corrected chi connectivity index (χ2v) is 10.2. The third kappa shape index (κ3) is 7.15. The highest BCUT2D eigenvalue weighted by Gasteiger charge is 2.21. The number of nitrogens with one attached hydrogen (secondary N) is 2. The van der Waals surface area contributed by atoms with Crippen molar-refractivity contribution in [3.05, 3.63) is 59.7 Å². The molecule has 0 saturated heterocycles. The number of anilines is 1. The molecular weight excluding hydrogens is 444 g/mol. The van der Waals surface area contributed by atoms with E-state index in [-0.39, 0.29) is 23.3 Å². The van der Waals surface area contributed by atoms with E-state index in [9.17, 15) is 22.8 Å². The molecule has 0 unspecified atom stereocenters. The van der Waals surface area contributed by atoms with Gasteiger partial charge in [0.15, 0.2) is 16.4 Å². The minimum absolute atomic E-state index is 0.131. The van der Waals surface area contributed by atoms with Gasteiger partial charge in [-0.3, -0.25) is 14.4 Å². The third-order valence-corrected chi connectivity index (χ3v) is 7.19. The van der Waals surface area contributed by atoms with Crippen LogP contribution in [0.1, 0.15) is 48.0 Å². The number of amides is 2. The van der Waals surface area contributed by atoms with Gasteiger partial charge in [0.05, 0.1) is 28.3 Å². The van der Waals surface area contributed by atoms with Crippen LogP contribution in [0.3, 0.4) is 0 Å². The molecule has 2 aromatic rings. The van der Waals surface area contributed by atoms with E-state index >= 15 is 0 Å². The zero-order valence-corrected chi connectivity index (χ0v) is 19.3. The van der Waals surface area contributed by atoms with E-state index in [2.05, 4.69) is 10.6 Å². The Balaban J connectivity index is 1.48. The molecule has 0 bridgehead atoms. The number of para-hydroxylation sites is 1. The molecule has 0 heterocycles. The maximum atomic E-state index is 12.6. The molecule has 33 heavy (non-hydrogen) atoms. The largest absolute Gasteiger partial charge is 0.456 e. The first-order valence-corrected chi connectivity index (χ1v) is 12.5. The van der Waals surface area contributed by atoms with Gasteiger partial charge in [-0.05, 0) is 44.0 Å². The molecule has 1 aliphatic rings. The predicted molar refractivity (Wildman–Crippen MR) is 124 cm³/mol. The van der Waals surface area contributed by atoms with E-state index in [1.54, 1.807) is 36.4 Å².